The van der Waals surface area contributed by atoms with E-state index in [0.29, 0.717) is 6.54 Å². The number of allylic oxidation sites excluding steroid dienone is 1. The molecule has 4 nitrogen and oxygen atoms in total. The third kappa shape index (κ3) is 4.99. The summed E-state index contributed by atoms with van der Waals surface area (Å²) in [4.78, 5) is 23.4. The SMILES string of the molecule is O=C(CNC(=O)C1CCCC1)NCCC1=CCCCC1. The molecule has 1 saturated carbocycles. The van der Waals surface area contributed by atoms with Gasteiger partial charge in [-0.05, 0) is 44.9 Å². The molecule has 1 fully saturated rings. The monoisotopic (exact) mass is 278 g/mol. The van der Waals surface area contributed by atoms with Gasteiger partial charge in [-0.2, -0.15) is 0 Å². The second-order valence-electron chi connectivity index (χ2n) is 5.91. The van der Waals surface area contributed by atoms with Gasteiger partial charge >= 0.3 is 0 Å². The number of hydrogen-bond donors (Lipinski definition) is 2. The summed E-state index contributed by atoms with van der Waals surface area (Å²) < 4.78 is 0. The van der Waals surface area contributed by atoms with Gasteiger partial charge in [0.2, 0.25) is 11.8 Å². The Morgan fingerprint density at radius 2 is 1.90 bits per heavy atom. The molecule has 0 radical (unpaired) electrons. The maximum Gasteiger partial charge on any atom is 0.239 e. The van der Waals surface area contributed by atoms with E-state index in [0.717, 1.165) is 32.1 Å². The minimum atomic E-state index is -0.0762. The highest BCUT2D eigenvalue weighted by atomic mass is 16.2. The Bertz CT molecular complexity index is 371. The van der Waals surface area contributed by atoms with Crippen LogP contribution in [0.5, 0.6) is 0 Å². The first-order valence-corrected chi connectivity index (χ1v) is 7.98. The summed E-state index contributed by atoms with van der Waals surface area (Å²) in [6, 6.07) is 0. The molecule has 2 aliphatic carbocycles. The minimum absolute atomic E-state index is 0.0487. The summed E-state index contributed by atoms with van der Waals surface area (Å²) >= 11 is 0. The van der Waals surface area contributed by atoms with Crippen molar-refractivity contribution in [3.8, 4) is 0 Å². The Balaban J connectivity index is 1.55. The Labute approximate surface area is 121 Å². The standard InChI is InChI=1S/C16H26N2O2/c19-15(12-18-16(20)14-8-4-5-9-14)17-11-10-13-6-2-1-3-7-13/h6,14H,1-5,7-12H2,(H,17,19)(H,18,20). The smallest absolute Gasteiger partial charge is 0.239 e. The maximum absolute atomic E-state index is 11.8. The number of rotatable bonds is 6. The quantitative estimate of drug-likeness (QED) is 0.732. The van der Waals surface area contributed by atoms with Gasteiger partial charge in [-0.3, -0.25) is 9.59 Å². The molecule has 20 heavy (non-hydrogen) atoms. The van der Waals surface area contributed by atoms with Crippen molar-refractivity contribution in [1.82, 2.24) is 10.6 Å². The van der Waals surface area contributed by atoms with E-state index in [1.165, 1.54) is 31.3 Å². The highest BCUT2D eigenvalue weighted by molar-refractivity contribution is 5.85. The van der Waals surface area contributed by atoms with Crippen molar-refractivity contribution in [2.24, 2.45) is 5.92 Å². The summed E-state index contributed by atoms with van der Waals surface area (Å²) in [5.41, 5.74) is 1.46. The van der Waals surface area contributed by atoms with E-state index in [9.17, 15) is 9.59 Å². The second kappa shape index (κ2) is 8.08. The lowest BCUT2D eigenvalue weighted by molar-refractivity contribution is -0.128. The molecule has 0 heterocycles. The largest absolute Gasteiger partial charge is 0.354 e. The van der Waals surface area contributed by atoms with Gasteiger partial charge in [0.05, 0.1) is 6.54 Å². The number of carbonyl (C=O) groups is 2. The van der Waals surface area contributed by atoms with Crippen LogP contribution in [-0.2, 0) is 9.59 Å². The third-order valence-electron chi connectivity index (χ3n) is 4.30. The molecular formula is C16H26N2O2. The normalized spacial score (nSPS) is 19.5. The van der Waals surface area contributed by atoms with E-state index in [2.05, 4.69) is 16.7 Å². The van der Waals surface area contributed by atoms with Gasteiger partial charge < -0.3 is 10.6 Å². The zero-order valence-electron chi connectivity index (χ0n) is 12.2. The van der Waals surface area contributed by atoms with E-state index in [4.69, 9.17) is 0 Å². The Morgan fingerprint density at radius 3 is 2.60 bits per heavy atom. The lowest BCUT2D eigenvalue weighted by atomic mass is 9.97. The van der Waals surface area contributed by atoms with Gasteiger partial charge in [-0.1, -0.05) is 24.5 Å². The summed E-state index contributed by atoms with van der Waals surface area (Å²) in [5, 5.41) is 5.63. The molecule has 0 aromatic heterocycles. The maximum atomic E-state index is 11.8. The predicted octanol–water partition coefficient (Wildman–Crippen LogP) is 2.30. The van der Waals surface area contributed by atoms with Gasteiger partial charge in [0.1, 0.15) is 0 Å². The van der Waals surface area contributed by atoms with Crippen LogP contribution in [0.3, 0.4) is 0 Å². The van der Waals surface area contributed by atoms with E-state index in [1.807, 2.05) is 0 Å². The first kappa shape index (κ1) is 15.1. The molecule has 0 bridgehead atoms. The zero-order chi connectivity index (χ0) is 14.2. The van der Waals surface area contributed by atoms with E-state index < -0.39 is 0 Å². The first-order chi connectivity index (χ1) is 9.75. The van der Waals surface area contributed by atoms with Crippen LogP contribution in [0.25, 0.3) is 0 Å². The Kier molecular flexibility index (Phi) is 6.09. The molecular weight excluding hydrogens is 252 g/mol. The molecule has 0 aromatic carbocycles. The molecule has 4 heteroatoms. The van der Waals surface area contributed by atoms with Crippen molar-refractivity contribution >= 4 is 11.8 Å². The van der Waals surface area contributed by atoms with E-state index in [-0.39, 0.29) is 24.3 Å². The minimum Gasteiger partial charge on any atom is -0.354 e. The van der Waals surface area contributed by atoms with Crippen LogP contribution in [0.4, 0.5) is 0 Å². The van der Waals surface area contributed by atoms with Crippen LogP contribution in [0.1, 0.15) is 57.8 Å². The number of carbonyl (C=O) groups excluding carboxylic acids is 2. The lowest BCUT2D eigenvalue weighted by Gasteiger charge is -2.13. The highest BCUT2D eigenvalue weighted by Crippen LogP contribution is 2.24. The van der Waals surface area contributed by atoms with E-state index >= 15 is 0 Å². The van der Waals surface area contributed by atoms with Crippen molar-refractivity contribution in [3.63, 3.8) is 0 Å². The molecule has 112 valence electrons. The van der Waals surface area contributed by atoms with Crippen molar-refractivity contribution in [1.29, 1.82) is 0 Å². The van der Waals surface area contributed by atoms with Gasteiger partial charge in [-0.25, -0.2) is 0 Å². The fourth-order valence-corrected chi connectivity index (χ4v) is 3.06. The molecule has 2 amide bonds. The van der Waals surface area contributed by atoms with Gasteiger partial charge in [-0.15, -0.1) is 0 Å². The van der Waals surface area contributed by atoms with Crippen LogP contribution in [-0.4, -0.2) is 24.9 Å². The summed E-state index contributed by atoms with van der Waals surface area (Å²) in [5.74, 6) is 0.107. The van der Waals surface area contributed by atoms with Crippen molar-refractivity contribution in [3.05, 3.63) is 11.6 Å². The number of hydrogen-bond acceptors (Lipinski definition) is 2. The first-order valence-electron chi connectivity index (χ1n) is 7.98. The van der Waals surface area contributed by atoms with Crippen LogP contribution < -0.4 is 10.6 Å². The summed E-state index contributed by atoms with van der Waals surface area (Å²) in [6.45, 7) is 0.804. The fraction of sp³-hybridized carbons (Fsp3) is 0.750. The molecule has 0 atom stereocenters. The average molecular weight is 278 g/mol. The molecule has 0 aromatic rings. The molecule has 2 rings (SSSR count). The molecule has 2 N–H and O–H groups in total. The van der Waals surface area contributed by atoms with E-state index in [1.54, 1.807) is 0 Å². The fourth-order valence-electron chi connectivity index (χ4n) is 3.06. The number of amides is 2. The highest BCUT2D eigenvalue weighted by Gasteiger charge is 2.22. The average Bonchev–Trinajstić information content (AvgIpc) is 3.00. The lowest BCUT2D eigenvalue weighted by Crippen LogP contribution is -2.39. The van der Waals surface area contributed by atoms with Crippen LogP contribution in [0.15, 0.2) is 11.6 Å². The van der Waals surface area contributed by atoms with Crippen molar-refractivity contribution < 1.29 is 9.59 Å². The van der Waals surface area contributed by atoms with Crippen LogP contribution in [0, 0.1) is 5.92 Å². The van der Waals surface area contributed by atoms with Crippen LogP contribution >= 0.6 is 0 Å². The molecule has 0 aliphatic heterocycles. The van der Waals surface area contributed by atoms with Crippen LogP contribution in [0.2, 0.25) is 0 Å². The summed E-state index contributed by atoms with van der Waals surface area (Å²) in [7, 11) is 0. The van der Waals surface area contributed by atoms with Gasteiger partial charge in [0, 0.05) is 12.5 Å². The third-order valence-corrected chi connectivity index (χ3v) is 4.30. The molecule has 0 unspecified atom stereocenters. The molecule has 0 spiro atoms. The molecule has 2 aliphatic rings. The Morgan fingerprint density at radius 1 is 1.10 bits per heavy atom. The Hall–Kier alpha value is -1.32. The topological polar surface area (TPSA) is 58.2 Å². The molecule has 0 saturated heterocycles. The van der Waals surface area contributed by atoms with Gasteiger partial charge in [0.25, 0.3) is 0 Å². The van der Waals surface area contributed by atoms with Crippen molar-refractivity contribution in [2.75, 3.05) is 13.1 Å². The second-order valence-corrected chi connectivity index (χ2v) is 5.91. The zero-order valence-corrected chi connectivity index (χ0v) is 12.2. The summed E-state index contributed by atoms with van der Waals surface area (Å²) in [6.07, 6.45) is 12.4. The predicted molar refractivity (Wildman–Crippen MR) is 79.1 cm³/mol. The van der Waals surface area contributed by atoms with Gasteiger partial charge in [0.15, 0.2) is 0 Å². The number of nitrogens with one attached hydrogen (secondary N) is 2. The van der Waals surface area contributed by atoms with Crippen molar-refractivity contribution in [2.45, 2.75) is 57.8 Å².